The van der Waals surface area contributed by atoms with Crippen LogP contribution in [0.1, 0.15) is 24.9 Å². The van der Waals surface area contributed by atoms with Crippen LogP contribution < -0.4 is 5.32 Å². The second-order valence-electron chi connectivity index (χ2n) is 4.77. The third-order valence-electron chi connectivity index (χ3n) is 3.24. The Morgan fingerprint density at radius 1 is 1.30 bits per heavy atom. The molecule has 2 heterocycles. The average molecular weight is 376 g/mol. The minimum Gasteiger partial charge on any atom is -0.373 e. The highest BCUT2D eigenvalue weighted by Gasteiger charge is 2.27. The first-order chi connectivity index (χ1) is 9.54. The van der Waals surface area contributed by atoms with E-state index < -0.39 is 11.6 Å². The van der Waals surface area contributed by atoms with Crippen molar-refractivity contribution < 1.29 is 8.78 Å². The van der Waals surface area contributed by atoms with E-state index in [-0.39, 0.29) is 11.7 Å². The van der Waals surface area contributed by atoms with Crippen LogP contribution >= 0.6 is 39.0 Å². The number of fused-ring (bicyclic) bond motifs is 1. The summed E-state index contributed by atoms with van der Waals surface area (Å²) >= 11 is 6.60. The van der Waals surface area contributed by atoms with E-state index in [4.69, 9.17) is 0 Å². The van der Waals surface area contributed by atoms with E-state index >= 15 is 0 Å². The number of benzene rings is 1. The van der Waals surface area contributed by atoms with Crippen molar-refractivity contribution in [1.29, 1.82) is 0 Å². The maximum Gasteiger partial charge on any atom is 0.150 e. The van der Waals surface area contributed by atoms with Crippen LogP contribution in [0.5, 0.6) is 0 Å². The molecule has 20 heavy (non-hydrogen) atoms. The summed E-state index contributed by atoms with van der Waals surface area (Å²) in [5.41, 5.74) is 1.09. The number of halogens is 3. The summed E-state index contributed by atoms with van der Waals surface area (Å²) in [6.45, 7) is 2.14. The van der Waals surface area contributed by atoms with Gasteiger partial charge in [-0.05, 0) is 35.6 Å². The second kappa shape index (κ2) is 5.66. The summed E-state index contributed by atoms with van der Waals surface area (Å²) in [7, 11) is 0. The fraction of sp³-hybridized carbons (Fsp3) is 0.286. The highest BCUT2D eigenvalue weighted by molar-refractivity contribution is 9.10. The normalized spacial score (nSPS) is 21.6. The van der Waals surface area contributed by atoms with E-state index in [1.54, 1.807) is 11.3 Å². The predicted molar refractivity (Wildman–Crippen MR) is 84.7 cm³/mol. The first-order valence-corrected chi connectivity index (χ1v) is 8.75. The molecule has 2 aromatic rings. The lowest BCUT2D eigenvalue weighted by Crippen LogP contribution is -2.20. The fourth-order valence-electron chi connectivity index (χ4n) is 2.34. The Balaban J connectivity index is 1.93. The second-order valence-corrected chi connectivity index (χ2v) is 8.31. The molecule has 0 bridgehead atoms. The van der Waals surface area contributed by atoms with Gasteiger partial charge in [0.05, 0.1) is 10.3 Å². The van der Waals surface area contributed by atoms with Crippen LogP contribution in [-0.4, -0.2) is 5.25 Å². The lowest BCUT2D eigenvalue weighted by molar-refractivity contribution is 0.574. The lowest BCUT2D eigenvalue weighted by Gasteiger charge is -2.28. The monoisotopic (exact) mass is 375 g/mol. The first kappa shape index (κ1) is 14.4. The molecule has 6 heteroatoms. The third-order valence-corrected chi connectivity index (χ3v) is 6.04. The summed E-state index contributed by atoms with van der Waals surface area (Å²) in [5.74, 6) is -1.14. The van der Waals surface area contributed by atoms with Gasteiger partial charge in [0, 0.05) is 9.72 Å². The Morgan fingerprint density at radius 2 is 2.00 bits per heavy atom. The molecule has 1 unspecified atom stereocenters. The van der Waals surface area contributed by atoms with Gasteiger partial charge in [-0.1, -0.05) is 22.9 Å². The van der Waals surface area contributed by atoms with Crippen LogP contribution in [0, 0.1) is 11.6 Å². The molecule has 0 fully saturated rings. The molecule has 0 saturated carbocycles. The van der Waals surface area contributed by atoms with Crippen LogP contribution in [0.25, 0.3) is 0 Å². The van der Waals surface area contributed by atoms with Gasteiger partial charge in [-0.15, -0.1) is 23.1 Å². The van der Waals surface area contributed by atoms with Gasteiger partial charge >= 0.3 is 0 Å². The molecule has 2 atom stereocenters. The quantitative estimate of drug-likeness (QED) is 0.708. The van der Waals surface area contributed by atoms with Crippen LogP contribution in [-0.2, 0) is 0 Å². The molecule has 1 aliphatic heterocycles. The van der Waals surface area contributed by atoms with E-state index in [0.29, 0.717) is 9.72 Å². The number of thioether (sulfide) groups is 1. The van der Waals surface area contributed by atoms with E-state index in [1.807, 2.05) is 23.2 Å². The standard InChI is InChI=1S/C14H12BrF2NS2/c1-7-4-12(9-2-3-19-14(9)20-7)18-13-10(16)5-8(15)6-11(13)17/h2-3,5-7,12,18H,4H2,1H3/t7-,12?/m0/s1. The highest BCUT2D eigenvalue weighted by atomic mass is 79.9. The Morgan fingerprint density at radius 3 is 2.70 bits per heavy atom. The zero-order valence-corrected chi connectivity index (χ0v) is 13.8. The van der Waals surface area contributed by atoms with Gasteiger partial charge in [-0.2, -0.15) is 0 Å². The number of rotatable bonds is 2. The van der Waals surface area contributed by atoms with Crippen molar-refractivity contribution in [3.63, 3.8) is 0 Å². The average Bonchev–Trinajstić information content (AvgIpc) is 2.81. The Kier molecular flexibility index (Phi) is 4.06. The summed E-state index contributed by atoms with van der Waals surface area (Å²) < 4.78 is 29.5. The van der Waals surface area contributed by atoms with Crippen LogP contribution in [0.15, 0.2) is 32.3 Å². The van der Waals surface area contributed by atoms with Gasteiger partial charge in [-0.3, -0.25) is 0 Å². The van der Waals surface area contributed by atoms with Gasteiger partial charge in [0.2, 0.25) is 0 Å². The minimum atomic E-state index is -0.570. The van der Waals surface area contributed by atoms with Gasteiger partial charge < -0.3 is 5.32 Å². The molecule has 3 rings (SSSR count). The summed E-state index contributed by atoms with van der Waals surface area (Å²) in [6.07, 6.45) is 0.851. The molecule has 0 spiro atoms. The molecular weight excluding hydrogens is 364 g/mol. The van der Waals surface area contributed by atoms with Gasteiger partial charge in [0.1, 0.15) is 17.3 Å². The van der Waals surface area contributed by atoms with Crippen molar-refractivity contribution in [1.82, 2.24) is 0 Å². The van der Waals surface area contributed by atoms with Crippen molar-refractivity contribution in [2.75, 3.05) is 5.32 Å². The van der Waals surface area contributed by atoms with Crippen molar-refractivity contribution in [2.45, 2.75) is 28.8 Å². The Bertz CT molecular complexity index is 621. The topological polar surface area (TPSA) is 12.0 Å². The maximum absolute atomic E-state index is 13.9. The zero-order valence-electron chi connectivity index (χ0n) is 10.6. The number of anilines is 1. The van der Waals surface area contributed by atoms with E-state index in [0.717, 1.165) is 12.0 Å². The van der Waals surface area contributed by atoms with Crippen LogP contribution in [0.2, 0.25) is 0 Å². The summed E-state index contributed by atoms with van der Waals surface area (Å²) in [6, 6.07) is 4.55. The minimum absolute atomic E-state index is 0.0438. The molecule has 0 amide bonds. The summed E-state index contributed by atoms with van der Waals surface area (Å²) in [5, 5.41) is 5.50. The Labute approximate surface area is 132 Å². The van der Waals surface area contributed by atoms with E-state index in [2.05, 4.69) is 28.2 Å². The number of hydrogen-bond donors (Lipinski definition) is 1. The van der Waals surface area contributed by atoms with Gasteiger partial charge in [0.25, 0.3) is 0 Å². The van der Waals surface area contributed by atoms with Crippen molar-refractivity contribution >= 4 is 44.7 Å². The molecule has 1 nitrogen and oxygen atoms in total. The molecular formula is C14H12BrF2NS2. The van der Waals surface area contributed by atoms with Crippen LogP contribution in [0.3, 0.4) is 0 Å². The lowest BCUT2D eigenvalue weighted by atomic mass is 10.0. The van der Waals surface area contributed by atoms with Crippen molar-refractivity contribution in [2.24, 2.45) is 0 Å². The molecule has 0 radical (unpaired) electrons. The van der Waals surface area contributed by atoms with Gasteiger partial charge in [-0.25, -0.2) is 8.78 Å². The molecule has 0 saturated heterocycles. The predicted octanol–water partition coefficient (Wildman–Crippen LogP) is 5.83. The molecule has 106 valence electrons. The molecule has 1 N–H and O–H groups in total. The Hall–Kier alpha value is -0.590. The first-order valence-electron chi connectivity index (χ1n) is 6.19. The number of thiophene rings is 1. The molecule has 1 aliphatic rings. The summed E-state index contributed by atoms with van der Waals surface area (Å²) in [4.78, 5) is 0. The van der Waals surface area contributed by atoms with Crippen LogP contribution in [0.4, 0.5) is 14.5 Å². The maximum atomic E-state index is 13.9. The smallest absolute Gasteiger partial charge is 0.150 e. The number of nitrogens with one attached hydrogen (secondary N) is 1. The number of hydrogen-bond acceptors (Lipinski definition) is 3. The zero-order chi connectivity index (χ0) is 14.3. The third kappa shape index (κ3) is 2.73. The largest absolute Gasteiger partial charge is 0.373 e. The highest BCUT2D eigenvalue weighted by Crippen LogP contribution is 2.45. The van der Waals surface area contributed by atoms with Crippen molar-refractivity contribution in [3.05, 3.63) is 45.2 Å². The molecule has 1 aromatic heterocycles. The molecule has 0 aliphatic carbocycles. The molecule has 1 aromatic carbocycles. The van der Waals surface area contributed by atoms with E-state index in [1.165, 1.54) is 16.3 Å². The van der Waals surface area contributed by atoms with Gasteiger partial charge in [0.15, 0.2) is 0 Å². The van der Waals surface area contributed by atoms with Crippen molar-refractivity contribution in [3.8, 4) is 0 Å². The van der Waals surface area contributed by atoms with E-state index in [9.17, 15) is 8.78 Å². The SMILES string of the molecule is C[C@H]1CC(Nc2c(F)cc(Br)cc2F)c2ccsc2S1. The fourth-order valence-corrected chi connectivity index (χ4v) is 5.31.